The summed E-state index contributed by atoms with van der Waals surface area (Å²) >= 11 is 0. The standard InChI is InChI=1S/C20H17N3O4S/c24-28(25)9-8-14(12-28)10-19-21-20(15-4-2-1-3-5-15)22-23(19)16-6-7-17-18(11-16)27-13-26-17/h1-9,11,14H,10,12-13H2. The van der Waals surface area contributed by atoms with Crippen molar-refractivity contribution >= 4 is 9.84 Å². The molecule has 1 unspecified atom stereocenters. The number of hydrogen-bond donors (Lipinski definition) is 0. The van der Waals surface area contributed by atoms with Crippen LogP contribution in [0.1, 0.15) is 5.82 Å². The second-order valence-corrected chi connectivity index (χ2v) is 8.72. The summed E-state index contributed by atoms with van der Waals surface area (Å²) in [5.41, 5.74) is 1.69. The molecule has 0 radical (unpaired) electrons. The number of ether oxygens (including phenoxy) is 2. The van der Waals surface area contributed by atoms with Crippen molar-refractivity contribution in [3.05, 3.63) is 65.8 Å². The third-order valence-electron chi connectivity index (χ3n) is 4.76. The zero-order valence-electron chi connectivity index (χ0n) is 14.9. The summed E-state index contributed by atoms with van der Waals surface area (Å²) in [6.07, 6.45) is 2.21. The molecule has 142 valence electrons. The van der Waals surface area contributed by atoms with E-state index < -0.39 is 9.84 Å². The summed E-state index contributed by atoms with van der Waals surface area (Å²) in [5.74, 6) is 2.62. The van der Waals surface area contributed by atoms with Crippen LogP contribution < -0.4 is 9.47 Å². The number of benzene rings is 2. The lowest BCUT2D eigenvalue weighted by molar-refractivity contribution is 0.174. The van der Waals surface area contributed by atoms with Crippen LogP contribution in [0.4, 0.5) is 0 Å². The minimum Gasteiger partial charge on any atom is -0.454 e. The number of hydrogen-bond acceptors (Lipinski definition) is 6. The van der Waals surface area contributed by atoms with Crippen LogP contribution in [0.25, 0.3) is 17.1 Å². The Morgan fingerprint density at radius 3 is 2.68 bits per heavy atom. The molecule has 3 aromatic rings. The van der Waals surface area contributed by atoms with E-state index in [2.05, 4.69) is 0 Å². The van der Waals surface area contributed by atoms with Crippen LogP contribution >= 0.6 is 0 Å². The molecule has 2 aromatic carbocycles. The molecular formula is C20H17N3O4S. The third-order valence-corrected chi connectivity index (χ3v) is 6.22. The molecule has 0 spiro atoms. The predicted octanol–water partition coefficient (Wildman–Crippen LogP) is 2.76. The molecule has 7 nitrogen and oxygen atoms in total. The fourth-order valence-corrected chi connectivity index (χ4v) is 4.81. The number of aromatic nitrogens is 3. The minimum atomic E-state index is -3.12. The van der Waals surface area contributed by atoms with E-state index in [-0.39, 0.29) is 18.5 Å². The third kappa shape index (κ3) is 3.16. The summed E-state index contributed by atoms with van der Waals surface area (Å²) < 4.78 is 36.2. The molecule has 0 fully saturated rings. The number of allylic oxidation sites excluding steroid dienone is 1. The van der Waals surface area contributed by atoms with E-state index in [1.54, 1.807) is 10.8 Å². The molecule has 0 bridgehead atoms. The van der Waals surface area contributed by atoms with Crippen molar-refractivity contribution in [2.45, 2.75) is 6.42 Å². The molecule has 5 rings (SSSR count). The summed E-state index contributed by atoms with van der Waals surface area (Å²) in [4.78, 5) is 4.71. The maximum atomic E-state index is 11.8. The summed E-state index contributed by atoms with van der Waals surface area (Å²) in [6.45, 7) is 0.197. The molecule has 0 saturated carbocycles. The molecule has 28 heavy (non-hydrogen) atoms. The largest absolute Gasteiger partial charge is 0.454 e. The highest BCUT2D eigenvalue weighted by Crippen LogP contribution is 2.34. The minimum absolute atomic E-state index is 0.0989. The van der Waals surface area contributed by atoms with Crippen LogP contribution in [0.3, 0.4) is 0 Å². The van der Waals surface area contributed by atoms with Gasteiger partial charge in [-0.1, -0.05) is 36.4 Å². The average Bonchev–Trinajstić information content (AvgIpc) is 3.40. The number of sulfone groups is 1. The van der Waals surface area contributed by atoms with E-state index >= 15 is 0 Å². The van der Waals surface area contributed by atoms with Crippen molar-refractivity contribution in [1.82, 2.24) is 14.8 Å². The molecule has 3 heterocycles. The molecule has 2 aliphatic rings. The van der Waals surface area contributed by atoms with Gasteiger partial charge in [-0.25, -0.2) is 18.1 Å². The molecule has 0 aliphatic carbocycles. The van der Waals surface area contributed by atoms with Gasteiger partial charge in [-0.05, 0) is 18.1 Å². The van der Waals surface area contributed by atoms with Gasteiger partial charge in [-0.15, -0.1) is 5.10 Å². The lowest BCUT2D eigenvalue weighted by atomic mass is 10.1. The lowest BCUT2D eigenvalue weighted by Crippen LogP contribution is -2.12. The van der Waals surface area contributed by atoms with Gasteiger partial charge in [0.25, 0.3) is 0 Å². The van der Waals surface area contributed by atoms with Gasteiger partial charge in [0, 0.05) is 23.5 Å². The number of fused-ring (bicyclic) bond motifs is 1. The zero-order valence-corrected chi connectivity index (χ0v) is 15.7. The Hall–Kier alpha value is -3.13. The Bertz CT molecular complexity index is 1170. The first-order valence-corrected chi connectivity index (χ1v) is 10.6. The molecule has 0 saturated heterocycles. The highest BCUT2D eigenvalue weighted by Gasteiger charge is 2.25. The van der Waals surface area contributed by atoms with Gasteiger partial charge >= 0.3 is 0 Å². The van der Waals surface area contributed by atoms with Crippen LogP contribution in [0.5, 0.6) is 11.5 Å². The molecule has 0 amide bonds. The Morgan fingerprint density at radius 2 is 1.89 bits per heavy atom. The van der Waals surface area contributed by atoms with Gasteiger partial charge in [-0.2, -0.15) is 0 Å². The summed E-state index contributed by atoms with van der Waals surface area (Å²) in [7, 11) is -3.12. The maximum absolute atomic E-state index is 11.8. The van der Waals surface area contributed by atoms with E-state index in [9.17, 15) is 8.42 Å². The predicted molar refractivity (Wildman–Crippen MR) is 103 cm³/mol. The maximum Gasteiger partial charge on any atom is 0.231 e. The number of nitrogens with zero attached hydrogens (tertiary/aromatic N) is 3. The fourth-order valence-electron chi connectivity index (χ4n) is 3.41. The van der Waals surface area contributed by atoms with Gasteiger partial charge in [0.2, 0.25) is 6.79 Å². The Morgan fingerprint density at radius 1 is 1.07 bits per heavy atom. The molecule has 0 N–H and O–H groups in total. The molecule has 1 atom stereocenters. The fraction of sp³-hybridized carbons (Fsp3) is 0.200. The van der Waals surface area contributed by atoms with Crippen LogP contribution in [0.15, 0.2) is 60.0 Å². The molecule has 8 heteroatoms. The molecular weight excluding hydrogens is 378 g/mol. The van der Waals surface area contributed by atoms with Crippen molar-refractivity contribution in [3.63, 3.8) is 0 Å². The van der Waals surface area contributed by atoms with E-state index in [1.165, 1.54) is 5.41 Å². The summed E-state index contributed by atoms with van der Waals surface area (Å²) in [5, 5.41) is 5.98. The van der Waals surface area contributed by atoms with Gasteiger partial charge in [0.05, 0.1) is 11.4 Å². The van der Waals surface area contributed by atoms with Crippen LogP contribution in [-0.4, -0.2) is 35.7 Å². The Balaban J connectivity index is 1.56. The second kappa shape index (κ2) is 6.49. The monoisotopic (exact) mass is 395 g/mol. The van der Waals surface area contributed by atoms with E-state index in [0.29, 0.717) is 29.6 Å². The second-order valence-electron chi connectivity index (χ2n) is 6.79. The molecule has 1 aromatic heterocycles. The SMILES string of the molecule is O=S1(=O)C=CC(Cc2nc(-c3ccccc3)nn2-c2ccc3c(c2)OCO3)C1. The van der Waals surface area contributed by atoms with E-state index in [4.69, 9.17) is 19.6 Å². The quantitative estimate of drug-likeness (QED) is 0.676. The molecule has 2 aliphatic heterocycles. The van der Waals surface area contributed by atoms with Crippen LogP contribution in [-0.2, 0) is 16.3 Å². The average molecular weight is 395 g/mol. The zero-order chi connectivity index (χ0) is 19.1. The van der Waals surface area contributed by atoms with Crippen LogP contribution in [0, 0.1) is 5.92 Å². The van der Waals surface area contributed by atoms with Gasteiger partial charge in [0.1, 0.15) is 5.82 Å². The van der Waals surface area contributed by atoms with E-state index in [0.717, 1.165) is 11.3 Å². The van der Waals surface area contributed by atoms with Gasteiger partial charge in [0.15, 0.2) is 27.2 Å². The smallest absolute Gasteiger partial charge is 0.231 e. The van der Waals surface area contributed by atoms with E-state index in [1.807, 2.05) is 48.5 Å². The summed E-state index contributed by atoms with van der Waals surface area (Å²) in [6, 6.07) is 15.3. The highest BCUT2D eigenvalue weighted by molar-refractivity contribution is 7.94. The van der Waals surface area contributed by atoms with Gasteiger partial charge < -0.3 is 9.47 Å². The number of rotatable bonds is 4. The highest BCUT2D eigenvalue weighted by atomic mass is 32.2. The van der Waals surface area contributed by atoms with Gasteiger partial charge in [-0.3, -0.25) is 0 Å². The first-order valence-electron chi connectivity index (χ1n) is 8.90. The Kier molecular flexibility index (Phi) is 3.94. The lowest BCUT2D eigenvalue weighted by Gasteiger charge is -2.09. The first kappa shape index (κ1) is 17.0. The topological polar surface area (TPSA) is 83.3 Å². The normalized spacial score (nSPS) is 19.2. The van der Waals surface area contributed by atoms with Crippen molar-refractivity contribution in [2.75, 3.05) is 12.5 Å². The van der Waals surface area contributed by atoms with Crippen molar-refractivity contribution in [3.8, 4) is 28.6 Å². The van der Waals surface area contributed by atoms with Crippen molar-refractivity contribution < 1.29 is 17.9 Å². The Labute approximate surface area is 162 Å². The van der Waals surface area contributed by atoms with Crippen LogP contribution in [0.2, 0.25) is 0 Å². The van der Waals surface area contributed by atoms with Crippen molar-refractivity contribution in [1.29, 1.82) is 0 Å². The first-order chi connectivity index (χ1) is 13.6. The van der Waals surface area contributed by atoms with Crippen molar-refractivity contribution in [2.24, 2.45) is 5.92 Å².